The molecule has 0 aliphatic carbocycles. The third kappa shape index (κ3) is 3.23. The summed E-state index contributed by atoms with van der Waals surface area (Å²) >= 11 is 0. The Morgan fingerprint density at radius 1 is 1.05 bits per heavy atom. The number of carbonyl (C=O) groups excluding carboxylic acids is 1. The summed E-state index contributed by atoms with van der Waals surface area (Å²) in [6, 6.07) is 15.3. The molecule has 4 nitrogen and oxygen atoms in total. The van der Waals surface area contributed by atoms with Gasteiger partial charge in [0.05, 0.1) is 0 Å². The standard InChI is InChI=1S/C17H21N3O/c1-19(2)15-9-6-8-13(11-15)17(21)20(3)16-10-5-4-7-14(16)12-18/h4-11H,12,18H2,1-3H3. The number of nitrogens with zero attached hydrogens (tertiary/aromatic N) is 2. The topological polar surface area (TPSA) is 49.6 Å². The lowest BCUT2D eigenvalue weighted by atomic mass is 10.1. The van der Waals surface area contributed by atoms with Crippen molar-refractivity contribution in [2.24, 2.45) is 5.73 Å². The second kappa shape index (κ2) is 6.41. The van der Waals surface area contributed by atoms with Crippen molar-refractivity contribution in [3.8, 4) is 0 Å². The van der Waals surface area contributed by atoms with Crippen molar-refractivity contribution in [2.45, 2.75) is 6.54 Å². The fraction of sp³-hybridized carbons (Fsp3) is 0.235. The van der Waals surface area contributed by atoms with Crippen molar-refractivity contribution in [3.05, 3.63) is 59.7 Å². The minimum Gasteiger partial charge on any atom is -0.378 e. The van der Waals surface area contributed by atoms with Gasteiger partial charge in [-0.3, -0.25) is 4.79 Å². The number of hydrogen-bond donors (Lipinski definition) is 1. The van der Waals surface area contributed by atoms with Crippen LogP contribution in [0.4, 0.5) is 11.4 Å². The van der Waals surface area contributed by atoms with Gasteiger partial charge in [0.1, 0.15) is 0 Å². The summed E-state index contributed by atoms with van der Waals surface area (Å²) in [6.45, 7) is 0.408. The van der Waals surface area contributed by atoms with E-state index in [0.717, 1.165) is 16.9 Å². The predicted molar refractivity (Wildman–Crippen MR) is 87.8 cm³/mol. The van der Waals surface area contributed by atoms with E-state index in [1.54, 1.807) is 11.9 Å². The molecule has 2 rings (SSSR count). The lowest BCUT2D eigenvalue weighted by molar-refractivity contribution is 0.0993. The highest BCUT2D eigenvalue weighted by Gasteiger charge is 2.16. The van der Waals surface area contributed by atoms with Gasteiger partial charge in [0.25, 0.3) is 5.91 Å². The normalized spacial score (nSPS) is 10.3. The molecule has 2 aromatic carbocycles. The molecular formula is C17H21N3O. The summed E-state index contributed by atoms with van der Waals surface area (Å²) in [4.78, 5) is 16.3. The van der Waals surface area contributed by atoms with E-state index in [2.05, 4.69) is 0 Å². The molecule has 0 atom stereocenters. The fourth-order valence-corrected chi connectivity index (χ4v) is 2.23. The minimum absolute atomic E-state index is 0.0420. The van der Waals surface area contributed by atoms with Crippen LogP contribution in [-0.4, -0.2) is 27.1 Å². The number of para-hydroxylation sites is 1. The zero-order valence-electron chi connectivity index (χ0n) is 12.7. The third-order valence-corrected chi connectivity index (χ3v) is 3.49. The van der Waals surface area contributed by atoms with Crippen LogP contribution in [-0.2, 0) is 6.54 Å². The van der Waals surface area contributed by atoms with Crippen LogP contribution in [0.2, 0.25) is 0 Å². The fourth-order valence-electron chi connectivity index (χ4n) is 2.23. The smallest absolute Gasteiger partial charge is 0.258 e. The molecule has 0 bridgehead atoms. The van der Waals surface area contributed by atoms with Crippen LogP contribution >= 0.6 is 0 Å². The average Bonchev–Trinajstić information content (AvgIpc) is 2.53. The first-order valence-electron chi connectivity index (χ1n) is 6.88. The Kier molecular flexibility index (Phi) is 4.60. The first kappa shape index (κ1) is 15.1. The van der Waals surface area contributed by atoms with E-state index < -0.39 is 0 Å². The molecular weight excluding hydrogens is 262 g/mol. The van der Waals surface area contributed by atoms with Crippen LogP contribution in [0.5, 0.6) is 0 Å². The Labute approximate surface area is 125 Å². The quantitative estimate of drug-likeness (QED) is 0.938. The Morgan fingerprint density at radius 2 is 1.76 bits per heavy atom. The van der Waals surface area contributed by atoms with Crippen molar-refractivity contribution in [1.29, 1.82) is 0 Å². The SMILES string of the molecule is CN(C)c1cccc(C(=O)N(C)c2ccccc2CN)c1. The van der Waals surface area contributed by atoms with Crippen molar-refractivity contribution in [1.82, 2.24) is 0 Å². The highest BCUT2D eigenvalue weighted by Crippen LogP contribution is 2.22. The number of amides is 1. The van der Waals surface area contributed by atoms with Gasteiger partial charge in [-0.15, -0.1) is 0 Å². The van der Waals surface area contributed by atoms with Crippen molar-refractivity contribution in [3.63, 3.8) is 0 Å². The van der Waals surface area contributed by atoms with E-state index in [9.17, 15) is 4.79 Å². The predicted octanol–water partition coefficient (Wildman–Crippen LogP) is 2.49. The summed E-state index contributed by atoms with van der Waals surface area (Å²) in [5.74, 6) is -0.0420. The second-order valence-electron chi connectivity index (χ2n) is 5.14. The number of nitrogens with two attached hydrogens (primary N) is 1. The molecule has 0 saturated heterocycles. The van der Waals surface area contributed by atoms with Crippen LogP contribution in [0.25, 0.3) is 0 Å². The molecule has 110 valence electrons. The van der Waals surface area contributed by atoms with Crippen LogP contribution < -0.4 is 15.5 Å². The van der Waals surface area contributed by atoms with Crippen molar-refractivity contribution in [2.75, 3.05) is 30.9 Å². The highest BCUT2D eigenvalue weighted by molar-refractivity contribution is 6.06. The van der Waals surface area contributed by atoms with Crippen LogP contribution in [0, 0.1) is 0 Å². The summed E-state index contributed by atoms with van der Waals surface area (Å²) in [5, 5.41) is 0. The largest absolute Gasteiger partial charge is 0.378 e. The molecule has 4 heteroatoms. The zero-order chi connectivity index (χ0) is 15.4. The van der Waals surface area contributed by atoms with Crippen LogP contribution in [0.3, 0.4) is 0 Å². The number of anilines is 2. The molecule has 1 amide bonds. The van der Waals surface area contributed by atoms with Gasteiger partial charge < -0.3 is 15.5 Å². The summed E-state index contributed by atoms with van der Waals surface area (Å²) < 4.78 is 0. The van der Waals surface area contributed by atoms with Crippen LogP contribution in [0.15, 0.2) is 48.5 Å². The van der Waals surface area contributed by atoms with Gasteiger partial charge in [-0.05, 0) is 29.8 Å². The van der Waals surface area contributed by atoms with Gasteiger partial charge >= 0.3 is 0 Å². The van der Waals surface area contributed by atoms with E-state index in [1.807, 2.05) is 67.5 Å². The zero-order valence-corrected chi connectivity index (χ0v) is 12.7. The van der Waals surface area contributed by atoms with E-state index >= 15 is 0 Å². The van der Waals surface area contributed by atoms with Crippen molar-refractivity contribution < 1.29 is 4.79 Å². The first-order chi connectivity index (χ1) is 10.0. The minimum atomic E-state index is -0.0420. The molecule has 21 heavy (non-hydrogen) atoms. The number of hydrogen-bond acceptors (Lipinski definition) is 3. The van der Waals surface area contributed by atoms with Crippen molar-refractivity contribution >= 4 is 17.3 Å². The Bertz CT molecular complexity index is 637. The average molecular weight is 283 g/mol. The molecule has 2 aromatic rings. The van der Waals surface area contributed by atoms with E-state index in [0.29, 0.717) is 12.1 Å². The molecule has 0 saturated carbocycles. The lowest BCUT2D eigenvalue weighted by Gasteiger charge is -2.21. The summed E-state index contributed by atoms with van der Waals surface area (Å²) in [7, 11) is 5.69. The molecule has 0 unspecified atom stereocenters. The Morgan fingerprint density at radius 3 is 2.43 bits per heavy atom. The number of carbonyl (C=O) groups is 1. The van der Waals surface area contributed by atoms with Crippen LogP contribution in [0.1, 0.15) is 15.9 Å². The third-order valence-electron chi connectivity index (χ3n) is 3.49. The number of benzene rings is 2. The second-order valence-corrected chi connectivity index (χ2v) is 5.14. The molecule has 2 N–H and O–H groups in total. The molecule has 0 aliphatic heterocycles. The monoisotopic (exact) mass is 283 g/mol. The highest BCUT2D eigenvalue weighted by atomic mass is 16.2. The van der Waals surface area contributed by atoms with E-state index in [-0.39, 0.29) is 5.91 Å². The maximum atomic E-state index is 12.7. The summed E-state index contributed by atoms with van der Waals surface area (Å²) in [5.41, 5.74) is 9.21. The van der Waals surface area contributed by atoms with Gasteiger partial charge in [-0.25, -0.2) is 0 Å². The van der Waals surface area contributed by atoms with Gasteiger partial charge in [-0.2, -0.15) is 0 Å². The maximum Gasteiger partial charge on any atom is 0.258 e. The first-order valence-corrected chi connectivity index (χ1v) is 6.88. The number of rotatable bonds is 4. The van der Waals surface area contributed by atoms with E-state index in [1.165, 1.54) is 0 Å². The molecule has 0 spiro atoms. The molecule has 0 heterocycles. The summed E-state index contributed by atoms with van der Waals surface area (Å²) in [6.07, 6.45) is 0. The molecule has 0 aliphatic rings. The van der Waals surface area contributed by atoms with Gasteiger partial charge in [0.15, 0.2) is 0 Å². The molecule has 0 radical (unpaired) electrons. The lowest BCUT2D eigenvalue weighted by Crippen LogP contribution is -2.27. The molecule has 0 aromatic heterocycles. The Balaban J connectivity index is 2.33. The maximum absolute atomic E-state index is 12.7. The van der Waals surface area contributed by atoms with Gasteiger partial charge in [0, 0.05) is 44.6 Å². The van der Waals surface area contributed by atoms with Gasteiger partial charge in [-0.1, -0.05) is 24.3 Å². The Hall–Kier alpha value is -2.33. The van der Waals surface area contributed by atoms with Gasteiger partial charge in [0.2, 0.25) is 0 Å². The molecule has 0 fully saturated rings. The van der Waals surface area contributed by atoms with E-state index in [4.69, 9.17) is 5.73 Å².